The normalized spacial score (nSPS) is 23.5. The van der Waals surface area contributed by atoms with Gasteiger partial charge in [-0.05, 0) is 43.4 Å². The third-order valence-corrected chi connectivity index (χ3v) is 7.63. The van der Waals surface area contributed by atoms with Crippen LogP contribution in [0.3, 0.4) is 0 Å². The first-order chi connectivity index (χ1) is 16.8. The van der Waals surface area contributed by atoms with Crippen molar-refractivity contribution in [3.63, 3.8) is 0 Å². The summed E-state index contributed by atoms with van der Waals surface area (Å²) < 4.78 is 2.08. The van der Waals surface area contributed by atoms with Crippen LogP contribution in [-0.4, -0.2) is 73.9 Å². The van der Waals surface area contributed by atoms with Gasteiger partial charge in [0.05, 0.1) is 5.56 Å². The van der Waals surface area contributed by atoms with Gasteiger partial charge in [0.2, 0.25) is 5.95 Å². The summed E-state index contributed by atoms with van der Waals surface area (Å²) in [6.07, 6.45) is 8.68. The third-order valence-electron chi connectivity index (χ3n) is 7.63. The predicted octanol–water partition coefficient (Wildman–Crippen LogP) is 2.56. The van der Waals surface area contributed by atoms with Gasteiger partial charge in [0.25, 0.3) is 11.8 Å². The molecule has 10 heteroatoms. The number of rotatable bonds is 5. The standard InChI is InChI=1S/C25H30N8O2/c1-31(2)23(35)19-9-16-12-28-24(30-21(16)33(19)18-5-3-4-6-18)29-20-8-7-15(11-27-20)22(34)32-13-17-10-25(17,26)14-32/h7-9,11-12,17-18H,3-6,10,13-14,26H2,1-2H3,(H,27,28,29,30)/t17?,25-/m0/s1. The van der Waals surface area contributed by atoms with Crippen LogP contribution >= 0.6 is 0 Å². The average molecular weight is 475 g/mol. The predicted molar refractivity (Wildman–Crippen MR) is 131 cm³/mol. The zero-order valence-electron chi connectivity index (χ0n) is 20.1. The second kappa shape index (κ2) is 8.01. The summed E-state index contributed by atoms with van der Waals surface area (Å²) in [5.74, 6) is 1.30. The lowest BCUT2D eigenvalue weighted by molar-refractivity contribution is 0.0771. The molecule has 0 radical (unpaired) electrons. The molecule has 182 valence electrons. The van der Waals surface area contributed by atoms with E-state index in [1.54, 1.807) is 43.5 Å². The molecule has 2 aliphatic carbocycles. The number of pyridine rings is 1. The van der Waals surface area contributed by atoms with E-state index in [2.05, 4.69) is 19.9 Å². The van der Waals surface area contributed by atoms with Crippen molar-refractivity contribution in [1.29, 1.82) is 0 Å². The molecule has 3 fully saturated rings. The average Bonchev–Trinajstić information content (AvgIpc) is 3.28. The number of nitrogens with zero attached hydrogens (tertiary/aromatic N) is 6. The molecule has 0 bridgehead atoms. The van der Waals surface area contributed by atoms with Crippen molar-refractivity contribution in [3.05, 3.63) is 41.9 Å². The first-order valence-corrected chi connectivity index (χ1v) is 12.2. The Morgan fingerprint density at radius 1 is 1.17 bits per heavy atom. The number of amides is 2. The van der Waals surface area contributed by atoms with Crippen LogP contribution in [0.15, 0.2) is 30.6 Å². The van der Waals surface area contributed by atoms with E-state index < -0.39 is 0 Å². The molecule has 10 nitrogen and oxygen atoms in total. The molecule has 1 unspecified atom stereocenters. The first kappa shape index (κ1) is 22.0. The zero-order chi connectivity index (χ0) is 24.3. The summed E-state index contributed by atoms with van der Waals surface area (Å²) in [7, 11) is 3.52. The molecule has 0 spiro atoms. The minimum atomic E-state index is -0.173. The van der Waals surface area contributed by atoms with Crippen LogP contribution in [0.2, 0.25) is 0 Å². The Balaban J connectivity index is 1.24. The fourth-order valence-corrected chi connectivity index (χ4v) is 5.57. The number of nitrogens with one attached hydrogen (secondary N) is 1. The summed E-state index contributed by atoms with van der Waals surface area (Å²) >= 11 is 0. The number of carbonyl (C=O) groups excluding carboxylic acids is 2. The quantitative estimate of drug-likeness (QED) is 0.583. The van der Waals surface area contributed by atoms with Gasteiger partial charge in [-0.15, -0.1) is 0 Å². The molecule has 3 N–H and O–H groups in total. The molecule has 1 aliphatic heterocycles. The monoisotopic (exact) mass is 474 g/mol. The lowest BCUT2D eigenvalue weighted by Gasteiger charge is -2.19. The summed E-state index contributed by atoms with van der Waals surface area (Å²) in [5, 5.41) is 3.98. The molecule has 2 saturated carbocycles. The topological polar surface area (TPSA) is 122 Å². The molecule has 35 heavy (non-hydrogen) atoms. The van der Waals surface area contributed by atoms with E-state index in [-0.39, 0.29) is 23.4 Å². The first-order valence-electron chi connectivity index (χ1n) is 12.2. The van der Waals surface area contributed by atoms with E-state index in [0.717, 1.165) is 49.7 Å². The van der Waals surface area contributed by atoms with E-state index in [0.29, 0.717) is 35.5 Å². The molecule has 1 saturated heterocycles. The molecule has 3 aromatic rings. The summed E-state index contributed by atoms with van der Waals surface area (Å²) in [5.41, 5.74) is 7.99. The highest BCUT2D eigenvalue weighted by Crippen LogP contribution is 2.47. The van der Waals surface area contributed by atoms with Crippen molar-refractivity contribution in [3.8, 4) is 0 Å². The number of likely N-dealkylation sites (tertiary alicyclic amines) is 1. The van der Waals surface area contributed by atoms with Crippen LogP contribution < -0.4 is 11.1 Å². The smallest absolute Gasteiger partial charge is 0.270 e. The van der Waals surface area contributed by atoms with Gasteiger partial charge in [0, 0.05) is 56.5 Å². The van der Waals surface area contributed by atoms with Crippen molar-refractivity contribution in [2.24, 2.45) is 11.7 Å². The lowest BCUT2D eigenvalue weighted by atomic mass is 10.2. The number of hydrogen-bond acceptors (Lipinski definition) is 7. The SMILES string of the molecule is CN(C)C(=O)c1cc2cnc(Nc3ccc(C(=O)N4CC5C[C@]5(N)C4)cn3)nc2n1C1CCCC1. The number of hydrogen-bond donors (Lipinski definition) is 2. The van der Waals surface area contributed by atoms with Crippen molar-refractivity contribution in [1.82, 2.24) is 29.3 Å². The summed E-state index contributed by atoms with van der Waals surface area (Å²) in [6, 6.07) is 5.65. The van der Waals surface area contributed by atoms with E-state index in [4.69, 9.17) is 10.7 Å². The van der Waals surface area contributed by atoms with E-state index in [9.17, 15) is 9.59 Å². The van der Waals surface area contributed by atoms with Crippen LogP contribution in [-0.2, 0) is 0 Å². The molecule has 0 aromatic carbocycles. The van der Waals surface area contributed by atoms with Gasteiger partial charge >= 0.3 is 0 Å². The lowest BCUT2D eigenvalue weighted by Crippen LogP contribution is -2.37. The maximum Gasteiger partial charge on any atom is 0.270 e. The Bertz CT molecular complexity index is 1310. The maximum atomic E-state index is 12.9. The molecular weight excluding hydrogens is 444 g/mol. The van der Waals surface area contributed by atoms with Crippen LogP contribution in [0.25, 0.3) is 11.0 Å². The molecule has 2 atom stereocenters. The van der Waals surface area contributed by atoms with Gasteiger partial charge in [0.15, 0.2) is 0 Å². The van der Waals surface area contributed by atoms with Crippen LogP contribution in [0.5, 0.6) is 0 Å². The zero-order valence-corrected chi connectivity index (χ0v) is 20.1. The molecule has 6 rings (SSSR count). The van der Waals surface area contributed by atoms with Gasteiger partial charge in [0.1, 0.15) is 17.2 Å². The minimum Gasteiger partial charge on any atom is -0.343 e. The van der Waals surface area contributed by atoms with Crippen molar-refractivity contribution < 1.29 is 9.59 Å². The maximum absolute atomic E-state index is 12.9. The number of fused-ring (bicyclic) bond motifs is 2. The highest BCUT2D eigenvalue weighted by molar-refractivity contribution is 5.98. The second-order valence-electron chi connectivity index (χ2n) is 10.4. The number of piperidine rings is 1. The number of nitrogens with two attached hydrogens (primary N) is 1. The fraction of sp³-hybridized carbons (Fsp3) is 0.480. The number of carbonyl (C=O) groups is 2. The summed E-state index contributed by atoms with van der Waals surface area (Å²) in [4.78, 5) is 42.7. The van der Waals surface area contributed by atoms with Gasteiger partial charge < -0.3 is 25.4 Å². The summed E-state index contributed by atoms with van der Waals surface area (Å²) in [6.45, 7) is 1.34. The highest BCUT2D eigenvalue weighted by Gasteiger charge is 2.58. The van der Waals surface area contributed by atoms with E-state index >= 15 is 0 Å². The third kappa shape index (κ3) is 3.81. The van der Waals surface area contributed by atoms with Gasteiger partial charge in [-0.1, -0.05) is 12.8 Å². The van der Waals surface area contributed by atoms with E-state index in [1.807, 2.05) is 11.0 Å². The Morgan fingerprint density at radius 2 is 1.97 bits per heavy atom. The fourth-order valence-electron chi connectivity index (χ4n) is 5.57. The number of aromatic nitrogens is 4. The number of anilines is 2. The van der Waals surface area contributed by atoms with Gasteiger partial charge in [-0.25, -0.2) is 9.97 Å². The molecule has 3 aliphatic rings. The molecule has 3 aromatic heterocycles. The van der Waals surface area contributed by atoms with Gasteiger partial charge in [-0.2, -0.15) is 4.98 Å². The Labute approximate surface area is 203 Å². The van der Waals surface area contributed by atoms with Crippen LogP contribution in [0.1, 0.15) is 59.0 Å². The Hall–Kier alpha value is -3.53. The Kier molecular flexibility index (Phi) is 5.03. The minimum absolute atomic E-state index is 0.0359. The molecule has 4 heterocycles. The molecular formula is C25H30N8O2. The van der Waals surface area contributed by atoms with Crippen molar-refractivity contribution in [2.45, 2.75) is 43.7 Å². The van der Waals surface area contributed by atoms with E-state index in [1.165, 1.54) is 0 Å². The van der Waals surface area contributed by atoms with Gasteiger partial charge in [-0.3, -0.25) is 9.59 Å². The van der Waals surface area contributed by atoms with Crippen molar-refractivity contribution in [2.75, 3.05) is 32.5 Å². The highest BCUT2D eigenvalue weighted by atomic mass is 16.2. The van der Waals surface area contributed by atoms with Crippen LogP contribution in [0.4, 0.5) is 11.8 Å². The van der Waals surface area contributed by atoms with Crippen LogP contribution in [0, 0.1) is 5.92 Å². The largest absolute Gasteiger partial charge is 0.343 e. The molecule has 2 amide bonds. The Morgan fingerprint density at radius 3 is 2.63 bits per heavy atom. The van der Waals surface area contributed by atoms with Crippen molar-refractivity contribution >= 4 is 34.6 Å². The second-order valence-corrected chi connectivity index (χ2v) is 10.4.